The van der Waals surface area contributed by atoms with Crippen molar-refractivity contribution in [1.29, 1.82) is 0 Å². The zero-order valence-electron chi connectivity index (χ0n) is 16.2. The van der Waals surface area contributed by atoms with Gasteiger partial charge in [-0.2, -0.15) is 0 Å². The topological polar surface area (TPSA) is 50.4 Å². The second-order valence-corrected chi connectivity index (χ2v) is 7.76. The maximum absolute atomic E-state index is 12.7. The van der Waals surface area contributed by atoms with E-state index in [4.69, 9.17) is 4.74 Å². The molecule has 0 saturated carbocycles. The van der Waals surface area contributed by atoms with Crippen LogP contribution in [0.5, 0.6) is 5.75 Å². The van der Waals surface area contributed by atoms with Crippen LogP contribution in [-0.4, -0.2) is 26.1 Å². The molecular formula is C21H34N2O2. The molecule has 0 aliphatic carbocycles. The average Bonchev–Trinajstić information content (AvgIpc) is 2.61. The first-order chi connectivity index (χ1) is 12.0. The number of nitrogens with one attached hydrogen (secondary N) is 2. The first-order valence-corrected chi connectivity index (χ1v) is 9.64. The third-order valence-corrected chi connectivity index (χ3v) is 5.25. The Hall–Kier alpha value is -1.55. The number of hydrogen-bond acceptors (Lipinski definition) is 3. The molecule has 1 saturated heterocycles. The van der Waals surface area contributed by atoms with Gasteiger partial charge in [0.15, 0.2) is 0 Å². The summed E-state index contributed by atoms with van der Waals surface area (Å²) in [6, 6.07) is 8.00. The minimum atomic E-state index is 0.00359. The first kappa shape index (κ1) is 19.8. The summed E-state index contributed by atoms with van der Waals surface area (Å²) in [4.78, 5) is 12.7. The van der Waals surface area contributed by atoms with Crippen molar-refractivity contribution in [3.63, 3.8) is 0 Å². The van der Waals surface area contributed by atoms with Gasteiger partial charge in [0.25, 0.3) is 0 Å². The van der Waals surface area contributed by atoms with Crippen molar-refractivity contribution >= 4 is 5.91 Å². The van der Waals surface area contributed by atoms with Gasteiger partial charge >= 0.3 is 0 Å². The van der Waals surface area contributed by atoms with Gasteiger partial charge in [0.05, 0.1) is 13.2 Å². The van der Waals surface area contributed by atoms with E-state index in [0.717, 1.165) is 30.8 Å². The summed E-state index contributed by atoms with van der Waals surface area (Å²) in [5.74, 6) is 2.58. The molecule has 1 aliphatic heterocycles. The van der Waals surface area contributed by atoms with Crippen molar-refractivity contribution < 1.29 is 9.53 Å². The molecule has 4 heteroatoms. The zero-order valence-corrected chi connectivity index (χ0v) is 16.2. The van der Waals surface area contributed by atoms with Gasteiger partial charge < -0.3 is 15.4 Å². The third kappa shape index (κ3) is 6.03. The predicted molar refractivity (Wildman–Crippen MR) is 103 cm³/mol. The van der Waals surface area contributed by atoms with Crippen LogP contribution in [0.25, 0.3) is 0 Å². The Bertz CT molecular complexity index is 538. The lowest BCUT2D eigenvalue weighted by molar-refractivity contribution is -0.123. The van der Waals surface area contributed by atoms with Gasteiger partial charge in [-0.15, -0.1) is 0 Å². The summed E-state index contributed by atoms with van der Waals surface area (Å²) in [6.07, 6.45) is 3.87. The van der Waals surface area contributed by atoms with E-state index < -0.39 is 0 Å². The molecule has 2 N–H and O–H groups in total. The average molecular weight is 347 g/mol. The van der Waals surface area contributed by atoms with Crippen LogP contribution in [0.2, 0.25) is 0 Å². The van der Waals surface area contributed by atoms with E-state index in [9.17, 15) is 4.79 Å². The van der Waals surface area contributed by atoms with Crippen LogP contribution in [0, 0.1) is 17.8 Å². The van der Waals surface area contributed by atoms with Gasteiger partial charge in [-0.25, -0.2) is 0 Å². The molecule has 1 heterocycles. The molecule has 1 aliphatic rings. The van der Waals surface area contributed by atoms with E-state index in [1.807, 2.05) is 18.2 Å². The number of para-hydroxylation sites is 1. The Morgan fingerprint density at radius 3 is 2.56 bits per heavy atom. The number of methoxy groups -OCH3 is 1. The van der Waals surface area contributed by atoms with Crippen LogP contribution in [0.3, 0.4) is 0 Å². The maximum atomic E-state index is 12.7. The summed E-state index contributed by atoms with van der Waals surface area (Å²) < 4.78 is 5.51. The minimum absolute atomic E-state index is 0.00359. The molecule has 0 bridgehead atoms. The molecule has 1 fully saturated rings. The predicted octanol–water partition coefficient (Wildman–Crippen LogP) is 3.92. The summed E-state index contributed by atoms with van der Waals surface area (Å²) in [5.41, 5.74) is 1.07. The highest BCUT2D eigenvalue weighted by molar-refractivity contribution is 5.76. The van der Waals surface area contributed by atoms with Crippen LogP contribution in [0.1, 0.15) is 58.1 Å². The lowest BCUT2D eigenvalue weighted by atomic mass is 9.84. The second kappa shape index (κ2) is 9.81. The minimum Gasteiger partial charge on any atom is -0.496 e. The SMILES string of the molecule is COc1ccccc1C(CC(C)C)NC(=O)CC(C)C1CCNCC1. The number of benzene rings is 1. The van der Waals surface area contributed by atoms with Gasteiger partial charge in [-0.05, 0) is 56.2 Å². The lowest BCUT2D eigenvalue weighted by Gasteiger charge is -2.29. The molecule has 0 spiro atoms. The molecule has 25 heavy (non-hydrogen) atoms. The molecule has 0 radical (unpaired) electrons. The van der Waals surface area contributed by atoms with Crippen molar-refractivity contribution in [1.82, 2.24) is 10.6 Å². The van der Waals surface area contributed by atoms with E-state index >= 15 is 0 Å². The highest BCUT2D eigenvalue weighted by atomic mass is 16.5. The molecule has 0 aromatic heterocycles. The molecule has 1 amide bonds. The first-order valence-electron chi connectivity index (χ1n) is 9.64. The highest BCUT2D eigenvalue weighted by Gasteiger charge is 2.24. The van der Waals surface area contributed by atoms with Crippen molar-refractivity contribution in [3.05, 3.63) is 29.8 Å². The fraction of sp³-hybridized carbons (Fsp3) is 0.667. The lowest BCUT2D eigenvalue weighted by Crippen LogP contribution is -2.35. The van der Waals surface area contributed by atoms with Crippen LogP contribution in [0.4, 0.5) is 0 Å². The van der Waals surface area contributed by atoms with Gasteiger partial charge in [-0.3, -0.25) is 4.79 Å². The van der Waals surface area contributed by atoms with Crippen LogP contribution >= 0.6 is 0 Å². The fourth-order valence-electron chi connectivity index (χ4n) is 3.81. The van der Waals surface area contributed by atoms with Crippen molar-refractivity contribution in [2.75, 3.05) is 20.2 Å². The molecule has 4 nitrogen and oxygen atoms in total. The van der Waals surface area contributed by atoms with Crippen molar-refractivity contribution in [3.8, 4) is 5.75 Å². The van der Waals surface area contributed by atoms with Crippen LogP contribution in [0.15, 0.2) is 24.3 Å². The Morgan fingerprint density at radius 1 is 1.24 bits per heavy atom. The monoisotopic (exact) mass is 346 g/mol. The summed E-state index contributed by atoms with van der Waals surface area (Å²) >= 11 is 0. The molecule has 2 unspecified atom stereocenters. The molecule has 1 aromatic carbocycles. The van der Waals surface area contributed by atoms with E-state index in [0.29, 0.717) is 24.2 Å². The number of piperidine rings is 1. The maximum Gasteiger partial charge on any atom is 0.220 e. The quantitative estimate of drug-likeness (QED) is 0.750. The second-order valence-electron chi connectivity index (χ2n) is 7.76. The Balaban J connectivity index is 2.02. The van der Waals surface area contributed by atoms with Gasteiger partial charge in [0.2, 0.25) is 5.91 Å². The highest BCUT2D eigenvalue weighted by Crippen LogP contribution is 2.30. The molecular weight excluding hydrogens is 312 g/mol. The van der Waals surface area contributed by atoms with Crippen molar-refractivity contribution in [2.45, 2.75) is 52.5 Å². The van der Waals surface area contributed by atoms with E-state index in [2.05, 4.69) is 37.5 Å². The van der Waals surface area contributed by atoms with E-state index in [1.54, 1.807) is 7.11 Å². The van der Waals surface area contributed by atoms with Crippen LogP contribution in [-0.2, 0) is 4.79 Å². The van der Waals surface area contributed by atoms with E-state index in [-0.39, 0.29) is 11.9 Å². The number of hydrogen-bond donors (Lipinski definition) is 2. The molecule has 2 rings (SSSR count). The zero-order chi connectivity index (χ0) is 18.2. The Labute approximate surface area is 152 Å². The largest absolute Gasteiger partial charge is 0.496 e. The normalized spacial score (nSPS) is 18.0. The summed E-state index contributed by atoms with van der Waals surface area (Å²) in [5, 5.41) is 6.67. The number of ether oxygens (including phenoxy) is 1. The van der Waals surface area contributed by atoms with Crippen molar-refractivity contribution in [2.24, 2.45) is 17.8 Å². The molecule has 1 aromatic rings. The molecule has 2 atom stereocenters. The molecule has 140 valence electrons. The standard InChI is InChI=1S/C21H34N2O2/c1-15(2)13-19(18-7-5-6-8-20(18)25-4)23-21(24)14-16(3)17-9-11-22-12-10-17/h5-8,15-17,19,22H,9-14H2,1-4H3,(H,23,24). The van der Waals surface area contributed by atoms with Gasteiger partial charge in [-0.1, -0.05) is 39.0 Å². The fourth-order valence-corrected chi connectivity index (χ4v) is 3.81. The van der Waals surface area contributed by atoms with E-state index in [1.165, 1.54) is 12.8 Å². The summed E-state index contributed by atoms with van der Waals surface area (Å²) in [7, 11) is 1.69. The van der Waals surface area contributed by atoms with Gasteiger partial charge in [0.1, 0.15) is 5.75 Å². The smallest absolute Gasteiger partial charge is 0.220 e. The van der Waals surface area contributed by atoms with Gasteiger partial charge in [0, 0.05) is 12.0 Å². The number of rotatable bonds is 8. The Kier molecular flexibility index (Phi) is 7.76. The number of carbonyl (C=O) groups excluding carboxylic acids is 1. The third-order valence-electron chi connectivity index (χ3n) is 5.25. The Morgan fingerprint density at radius 2 is 1.92 bits per heavy atom. The number of carbonyl (C=O) groups is 1. The number of amides is 1. The summed E-state index contributed by atoms with van der Waals surface area (Å²) in [6.45, 7) is 8.75. The van der Waals surface area contributed by atoms with Crippen LogP contribution < -0.4 is 15.4 Å².